The minimum atomic E-state index is -0.392. The van der Waals surface area contributed by atoms with E-state index in [0.29, 0.717) is 12.3 Å². The minimum Gasteiger partial charge on any atom is -0.484 e. The molecule has 0 aromatic heterocycles. The molecule has 100 valence electrons. The summed E-state index contributed by atoms with van der Waals surface area (Å²) in [5.41, 5.74) is 0. The van der Waals surface area contributed by atoms with Crippen LogP contribution in [0.2, 0.25) is 0 Å². The zero-order valence-electron chi connectivity index (χ0n) is 10.2. The third-order valence-corrected chi connectivity index (χ3v) is 2.32. The Kier molecular flexibility index (Phi) is 6.79. The van der Waals surface area contributed by atoms with Gasteiger partial charge < -0.3 is 15.2 Å². The number of benzene rings is 1. The highest BCUT2D eigenvalue weighted by atomic mass is 19.1. The minimum absolute atomic E-state index is 0.122. The lowest BCUT2D eigenvalue weighted by Crippen LogP contribution is -2.29. The number of halogens is 1. The zero-order valence-corrected chi connectivity index (χ0v) is 10.2. The van der Waals surface area contributed by atoms with Gasteiger partial charge in [-0.15, -0.1) is 0 Å². The van der Waals surface area contributed by atoms with Crippen LogP contribution in [0.3, 0.4) is 0 Å². The third kappa shape index (κ3) is 6.20. The maximum Gasteiger partial charge on any atom is 0.257 e. The molecule has 1 amide bonds. The lowest BCUT2D eigenvalue weighted by Gasteiger charge is -2.07. The number of nitrogens with one attached hydrogen (secondary N) is 1. The summed E-state index contributed by atoms with van der Waals surface area (Å²) in [5, 5.41) is 11.3. The van der Waals surface area contributed by atoms with E-state index in [-0.39, 0.29) is 19.1 Å². The van der Waals surface area contributed by atoms with Gasteiger partial charge in [-0.05, 0) is 31.4 Å². The summed E-state index contributed by atoms with van der Waals surface area (Å²) >= 11 is 0. The van der Waals surface area contributed by atoms with E-state index in [1.54, 1.807) is 6.07 Å². The zero-order chi connectivity index (χ0) is 13.2. The number of carbonyl (C=O) groups is 1. The van der Waals surface area contributed by atoms with E-state index < -0.39 is 5.82 Å². The Morgan fingerprint density at radius 2 is 2.17 bits per heavy atom. The number of aliphatic hydroxyl groups excluding tert-OH is 1. The smallest absolute Gasteiger partial charge is 0.257 e. The van der Waals surface area contributed by atoms with Crippen molar-refractivity contribution >= 4 is 5.91 Å². The van der Waals surface area contributed by atoms with Crippen LogP contribution >= 0.6 is 0 Å². The van der Waals surface area contributed by atoms with Crippen LogP contribution in [0.4, 0.5) is 4.39 Å². The van der Waals surface area contributed by atoms with Gasteiger partial charge in [0, 0.05) is 19.2 Å². The highest BCUT2D eigenvalue weighted by Crippen LogP contribution is 2.11. The van der Waals surface area contributed by atoms with Crippen LogP contribution in [-0.4, -0.2) is 30.8 Å². The van der Waals surface area contributed by atoms with Gasteiger partial charge in [-0.1, -0.05) is 6.07 Å². The van der Waals surface area contributed by atoms with Crippen LogP contribution in [0.1, 0.15) is 19.3 Å². The Morgan fingerprint density at radius 1 is 1.33 bits per heavy atom. The van der Waals surface area contributed by atoms with Crippen LogP contribution in [0.15, 0.2) is 24.3 Å². The molecule has 1 rings (SSSR count). The van der Waals surface area contributed by atoms with Gasteiger partial charge in [0.2, 0.25) is 0 Å². The van der Waals surface area contributed by atoms with Gasteiger partial charge in [-0.25, -0.2) is 4.39 Å². The number of rotatable bonds is 8. The molecule has 0 radical (unpaired) electrons. The first-order valence-corrected chi connectivity index (χ1v) is 5.98. The summed E-state index contributed by atoms with van der Waals surface area (Å²) in [6, 6.07) is 5.66. The summed E-state index contributed by atoms with van der Waals surface area (Å²) in [7, 11) is 0. The molecule has 0 saturated heterocycles. The van der Waals surface area contributed by atoms with Crippen molar-refractivity contribution in [2.75, 3.05) is 19.8 Å². The molecule has 2 N–H and O–H groups in total. The average molecular weight is 255 g/mol. The normalized spacial score (nSPS) is 10.1. The molecule has 0 spiro atoms. The standard InChI is InChI=1S/C13H18FNO3/c14-11-5-4-6-12(9-11)18-10-13(17)15-7-2-1-3-8-16/h4-6,9,16H,1-3,7-8,10H2,(H,15,17). The Morgan fingerprint density at radius 3 is 2.89 bits per heavy atom. The monoisotopic (exact) mass is 255 g/mol. The van der Waals surface area contributed by atoms with Gasteiger partial charge >= 0.3 is 0 Å². The summed E-state index contributed by atoms with van der Waals surface area (Å²) < 4.78 is 17.9. The number of hydrogen-bond acceptors (Lipinski definition) is 3. The first-order chi connectivity index (χ1) is 8.72. The molecule has 0 heterocycles. The van der Waals surface area contributed by atoms with Crippen molar-refractivity contribution in [2.45, 2.75) is 19.3 Å². The number of carbonyl (C=O) groups excluding carboxylic acids is 1. The van der Waals surface area contributed by atoms with E-state index in [9.17, 15) is 9.18 Å². The van der Waals surface area contributed by atoms with Crippen molar-refractivity contribution in [3.63, 3.8) is 0 Å². The third-order valence-electron chi connectivity index (χ3n) is 2.32. The lowest BCUT2D eigenvalue weighted by atomic mass is 10.2. The fourth-order valence-corrected chi connectivity index (χ4v) is 1.40. The molecular weight excluding hydrogens is 237 g/mol. The van der Waals surface area contributed by atoms with Crippen LogP contribution in [0, 0.1) is 5.82 Å². The Bertz CT molecular complexity index is 371. The van der Waals surface area contributed by atoms with Crippen LogP contribution in [-0.2, 0) is 4.79 Å². The maximum atomic E-state index is 12.8. The molecule has 0 aliphatic heterocycles. The number of hydrogen-bond donors (Lipinski definition) is 2. The Labute approximate surface area is 106 Å². The van der Waals surface area contributed by atoms with Crippen molar-refractivity contribution in [3.05, 3.63) is 30.1 Å². The van der Waals surface area contributed by atoms with Gasteiger partial charge in [0.25, 0.3) is 5.91 Å². The van der Waals surface area contributed by atoms with Gasteiger partial charge in [0.05, 0.1) is 0 Å². The lowest BCUT2D eigenvalue weighted by molar-refractivity contribution is -0.123. The summed E-state index contributed by atoms with van der Waals surface area (Å²) in [6.07, 6.45) is 2.45. The molecule has 18 heavy (non-hydrogen) atoms. The van der Waals surface area contributed by atoms with Crippen molar-refractivity contribution in [3.8, 4) is 5.75 Å². The van der Waals surface area contributed by atoms with Crippen molar-refractivity contribution in [2.24, 2.45) is 0 Å². The summed E-state index contributed by atoms with van der Waals surface area (Å²) in [6.45, 7) is 0.616. The second kappa shape index (κ2) is 8.47. The SMILES string of the molecule is O=C(COc1cccc(F)c1)NCCCCCO. The van der Waals surface area contributed by atoms with Crippen molar-refractivity contribution < 1.29 is 19.0 Å². The second-order valence-electron chi connectivity index (χ2n) is 3.88. The molecule has 0 fully saturated rings. The molecule has 0 atom stereocenters. The molecule has 0 saturated carbocycles. The Balaban J connectivity index is 2.13. The topological polar surface area (TPSA) is 58.6 Å². The molecule has 0 bridgehead atoms. The molecule has 0 aliphatic rings. The van der Waals surface area contributed by atoms with E-state index in [1.165, 1.54) is 18.2 Å². The van der Waals surface area contributed by atoms with E-state index in [4.69, 9.17) is 9.84 Å². The highest BCUT2D eigenvalue weighted by molar-refractivity contribution is 5.77. The van der Waals surface area contributed by atoms with Crippen molar-refractivity contribution in [1.82, 2.24) is 5.32 Å². The van der Waals surface area contributed by atoms with Crippen LogP contribution in [0.5, 0.6) is 5.75 Å². The predicted molar refractivity (Wildman–Crippen MR) is 65.8 cm³/mol. The number of unbranched alkanes of at least 4 members (excludes halogenated alkanes) is 2. The van der Waals surface area contributed by atoms with Gasteiger partial charge in [-0.2, -0.15) is 0 Å². The van der Waals surface area contributed by atoms with E-state index in [2.05, 4.69) is 5.32 Å². The van der Waals surface area contributed by atoms with Crippen LogP contribution in [0.25, 0.3) is 0 Å². The fourth-order valence-electron chi connectivity index (χ4n) is 1.40. The maximum absolute atomic E-state index is 12.8. The van der Waals surface area contributed by atoms with E-state index in [1.807, 2.05) is 0 Å². The van der Waals surface area contributed by atoms with E-state index >= 15 is 0 Å². The Hall–Kier alpha value is -1.62. The van der Waals surface area contributed by atoms with Gasteiger partial charge in [-0.3, -0.25) is 4.79 Å². The fraction of sp³-hybridized carbons (Fsp3) is 0.462. The molecule has 1 aromatic carbocycles. The van der Waals surface area contributed by atoms with Gasteiger partial charge in [0.1, 0.15) is 11.6 Å². The average Bonchev–Trinajstić information content (AvgIpc) is 2.36. The quantitative estimate of drug-likeness (QED) is 0.692. The summed E-state index contributed by atoms with van der Waals surface area (Å²) in [4.78, 5) is 11.4. The molecule has 4 nitrogen and oxygen atoms in total. The van der Waals surface area contributed by atoms with Gasteiger partial charge in [0.15, 0.2) is 6.61 Å². The largest absolute Gasteiger partial charge is 0.484 e. The molecule has 5 heteroatoms. The predicted octanol–water partition coefficient (Wildman–Crippen LogP) is 1.48. The highest BCUT2D eigenvalue weighted by Gasteiger charge is 2.02. The number of aliphatic hydroxyl groups is 1. The first kappa shape index (κ1) is 14.4. The molecule has 1 aromatic rings. The first-order valence-electron chi connectivity index (χ1n) is 5.98. The van der Waals surface area contributed by atoms with Crippen molar-refractivity contribution in [1.29, 1.82) is 0 Å². The molecular formula is C13H18FNO3. The van der Waals surface area contributed by atoms with E-state index in [0.717, 1.165) is 19.3 Å². The second-order valence-corrected chi connectivity index (χ2v) is 3.88. The molecule has 0 unspecified atom stereocenters. The summed E-state index contributed by atoms with van der Waals surface area (Å²) in [5.74, 6) is -0.286. The molecule has 0 aliphatic carbocycles. The number of amides is 1. The number of ether oxygens (including phenoxy) is 1. The van der Waals surface area contributed by atoms with Crippen LogP contribution < -0.4 is 10.1 Å².